The van der Waals surface area contributed by atoms with Gasteiger partial charge in [-0.05, 0) is 37.1 Å². The highest BCUT2D eigenvalue weighted by atomic mass is 35.5. The maximum Gasteiger partial charge on any atom is 0.250 e. The lowest BCUT2D eigenvalue weighted by atomic mass is 9.96. The molecule has 5 heteroatoms. The van der Waals surface area contributed by atoms with Crippen LogP contribution in [0.3, 0.4) is 0 Å². The third-order valence-corrected chi connectivity index (χ3v) is 2.85. The van der Waals surface area contributed by atoms with E-state index in [1.807, 2.05) is 19.1 Å². The van der Waals surface area contributed by atoms with Crippen LogP contribution in [-0.4, -0.2) is 19.1 Å². The van der Waals surface area contributed by atoms with Crippen molar-refractivity contribution in [2.75, 3.05) is 13.2 Å². The Morgan fingerprint density at radius 2 is 2.47 bits per heavy atom. The molecule has 1 aromatic rings. The molecule has 0 radical (unpaired) electrons. The zero-order valence-corrected chi connectivity index (χ0v) is 10.3. The van der Waals surface area contributed by atoms with Gasteiger partial charge in [-0.3, -0.25) is 9.63 Å². The predicted octanol–water partition coefficient (Wildman–Crippen LogP) is 1.96. The lowest BCUT2D eigenvalue weighted by Gasteiger charge is -2.24. The molecule has 0 spiro atoms. The molecule has 0 saturated carbocycles. The van der Waals surface area contributed by atoms with Crippen molar-refractivity contribution in [3.05, 3.63) is 28.8 Å². The number of hydrogen-bond donors (Lipinski definition) is 1. The van der Waals surface area contributed by atoms with Crippen molar-refractivity contribution in [1.82, 2.24) is 5.48 Å². The summed E-state index contributed by atoms with van der Waals surface area (Å²) in [6, 6.07) is 5.44. The SMILES string of the molecule is CCONC(=O)[C@H]1COc2ccc(Cl)cc2C1. The molecule has 0 saturated heterocycles. The van der Waals surface area contributed by atoms with E-state index in [9.17, 15) is 4.79 Å². The van der Waals surface area contributed by atoms with Crippen LogP contribution in [0.2, 0.25) is 5.02 Å². The van der Waals surface area contributed by atoms with Crippen molar-refractivity contribution >= 4 is 17.5 Å². The number of hydroxylamine groups is 1. The number of ether oxygens (including phenoxy) is 1. The van der Waals surface area contributed by atoms with Gasteiger partial charge in [0.25, 0.3) is 0 Å². The van der Waals surface area contributed by atoms with Gasteiger partial charge in [-0.2, -0.15) is 0 Å². The molecule has 0 aromatic heterocycles. The molecule has 1 heterocycles. The highest BCUT2D eigenvalue weighted by molar-refractivity contribution is 6.30. The summed E-state index contributed by atoms with van der Waals surface area (Å²) in [4.78, 5) is 16.6. The maximum atomic E-state index is 11.7. The Morgan fingerprint density at radius 1 is 1.65 bits per heavy atom. The van der Waals surface area contributed by atoms with Crippen LogP contribution in [0.1, 0.15) is 12.5 Å². The Kier molecular flexibility index (Phi) is 3.86. The van der Waals surface area contributed by atoms with E-state index < -0.39 is 0 Å². The highest BCUT2D eigenvalue weighted by Gasteiger charge is 2.26. The molecule has 2 rings (SSSR count). The summed E-state index contributed by atoms with van der Waals surface area (Å²) in [5.41, 5.74) is 3.35. The number of amides is 1. The fraction of sp³-hybridized carbons (Fsp3) is 0.417. The number of benzene rings is 1. The van der Waals surface area contributed by atoms with E-state index in [1.54, 1.807) is 6.07 Å². The van der Waals surface area contributed by atoms with Gasteiger partial charge < -0.3 is 4.74 Å². The molecule has 0 fully saturated rings. The van der Waals surface area contributed by atoms with Gasteiger partial charge in [0, 0.05) is 5.02 Å². The van der Waals surface area contributed by atoms with Gasteiger partial charge in [0.1, 0.15) is 12.4 Å². The second-order valence-electron chi connectivity index (χ2n) is 3.86. The van der Waals surface area contributed by atoms with E-state index >= 15 is 0 Å². The van der Waals surface area contributed by atoms with E-state index in [1.165, 1.54) is 0 Å². The molecule has 0 bridgehead atoms. The smallest absolute Gasteiger partial charge is 0.250 e. The van der Waals surface area contributed by atoms with E-state index in [0.717, 1.165) is 11.3 Å². The normalized spacial score (nSPS) is 18.1. The molecule has 1 aromatic carbocycles. The summed E-state index contributed by atoms with van der Waals surface area (Å²) in [5, 5.41) is 0.651. The van der Waals surface area contributed by atoms with E-state index in [-0.39, 0.29) is 11.8 Å². The maximum absolute atomic E-state index is 11.7. The standard InChI is InChI=1S/C12H14ClNO3/c1-2-17-14-12(15)9-5-8-6-10(13)3-4-11(8)16-7-9/h3-4,6,9H,2,5,7H2,1H3,(H,14,15)/t9-/m1/s1. The Morgan fingerprint density at radius 3 is 3.24 bits per heavy atom. The van der Waals surface area contributed by atoms with Crippen molar-refractivity contribution in [2.24, 2.45) is 5.92 Å². The third kappa shape index (κ3) is 2.90. The Hall–Kier alpha value is -1.26. The van der Waals surface area contributed by atoms with Crippen LogP contribution in [-0.2, 0) is 16.1 Å². The van der Waals surface area contributed by atoms with Gasteiger partial charge in [0.05, 0.1) is 12.5 Å². The first-order valence-electron chi connectivity index (χ1n) is 5.53. The molecule has 1 aliphatic heterocycles. The minimum atomic E-state index is -0.229. The first kappa shape index (κ1) is 12.2. The molecule has 0 aliphatic carbocycles. The number of hydrogen-bond acceptors (Lipinski definition) is 3. The molecule has 1 aliphatic rings. The van der Waals surface area contributed by atoms with Crippen molar-refractivity contribution in [1.29, 1.82) is 0 Å². The van der Waals surface area contributed by atoms with Crippen LogP contribution in [0.15, 0.2) is 18.2 Å². The van der Waals surface area contributed by atoms with Crippen LogP contribution in [0.5, 0.6) is 5.75 Å². The van der Waals surface area contributed by atoms with Crippen molar-refractivity contribution < 1.29 is 14.4 Å². The van der Waals surface area contributed by atoms with Gasteiger partial charge in [-0.1, -0.05) is 11.6 Å². The molecular weight excluding hydrogens is 242 g/mol. The number of rotatable bonds is 3. The molecule has 92 valence electrons. The second-order valence-corrected chi connectivity index (χ2v) is 4.30. The molecule has 1 N–H and O–H groups in total. The summed E-state index contributed by atoms with van der Waals surface area (Å²) >= 11 is 5.91. The van der Waals surface area contributed by atoms with E-state index in [2.05, 4.69) is 5.48 Å². The van der Waals surface area contributed by atoms with Crippen molar-refractivity contribution in [3.63, 3.8) is 0 Å². The summed E-state index contributed by atoms with van der Waals surface area (Å²) in [5.74, 6) is 0.417. The summed E-state index contributed by atoms with van der Waals surface area (Å²) in [6.07, 6.45) is 0.620. The quantitative estimate of drug-likeness (QED) is 0.840. The van der Waals surface area contributed by atoms with E-state index in [0.29, 0.717) is 24.7 Å². The van der Waals surface area contributed by atoms with Gasteiger partial charge >= 0.3 is 0 Å². The number of carbonyl (C=O) groups is 1. The Balaban J connectivity index is 2.04. The summed E-state index contributed by atoms with van der Waals surface area (Å²) in [6.45, 7) is 2.63. The van der Waals surface area contributed by atoms with Gasteiger partial charge in [0.2, 0.25) is 5.91 Å². The monoisotopic (exact) mass is 255 g/mol. The average molecular weight is 256 g/mol. The lowest BCUT2D eigenvalue weighted by molar-refractivity contribution is -0.138. The van der Waals surface area contributed by atoms with Crippen LogP contribution >= 0.6 is 11.6 Å². The van der Waals surface area contributed by atoms with Crippen LogP contribution in [0, 0.1) is 5.92 Å². The average Bonchev–Trinajstić information content (AvgIpc) is 2.35. The fourth-order valence-corrected chi connectivity index (χ4v) is 1.95. The number of fused-ring (bicyclic) bond motifs is 1. The molecule has 0 unspecified atom stereocenters. The van der Waals surface area contributed by atoms with Gasteiger partial charge in [-0.25, -0.2) is 5.48 Å². The molecule has 1 atom stereocenters. The zero-order valence-electron chi connectivity index (χ0n) is 9.53. The molecule has 4 nitrogen and oxygen atoms in total. The van der Waals surface area contributed by atoms with Gasteiger partial charge in [-0.15, -0.1) is 0 Å². The third-order valence-electron chi connectivity index (χ3n) is 2.62. The Bertz CT molecular complexity index is 422. The molecule has 1 amide bonds. The fourth-order valence-electron chi connectivity index (χ4n) is 1.76. The first-order chi connectivity index (χ1) is 8.20. The summed E-state index contributed by atoms with van der Waals surface area (Å²) < 4.78 is 5.52. The minimum Gasteiger partial charge on any atom is -0.492 e. The van der Waals surface area contributed by atoms with Crippen LogP contribution < -0.4 is 10.2 Å². The summed E-state index contributed by atoms with van der Waals surface area (Å²) in [7, 11) is 0. The lowest BCUT2D eigenvalue weighted by Crippen LogP contribution is -2.37. The first-order valence-corrected chi connectivity index (χ1v) is 5.91. The van der Waals surface area contributed by atoms with E-state index in [4.69, 9.17) is 21.2 Å². The predicted molar refractivity (Wildman–Crippen MR) is 63.9 cm³/mol. The Labute approximate surface area is 105 Å². The number of halogens is 1. The highest BCUT2D eigenvalue weighted by Crippen LogP contribution is 2.29. The second kappa shape index (κ2) is 5.38. The zero-order chi connectivity index (χ0) is 12.3. The molecule has 17 heavy (non-hydrogen) atoms. The minimum absolute atomic E-state index is 0.155. The van der Waals surface area contributed by atoms with Crippen LogP contribution in [0.25, 0.3) is 0 Å². The molecular formula is C12H14ClNO3. The van der Waals surface area contributed by atoms with Crippen molar-refractivity contribution in [2.45, 2.75) is 13.3 Å². The van der Waals surface area contributed by atoms with Crippen LogP contribution in [0.4, 0.5) is 0 Å². The van der Waals surface area contributed by atoms with Gasteiger partial charge in [0.15, 0.2) is 0 Å². The number of carbonyl (C=O) groups excluding carboxylic acids is 1. The largest absolute Gasteiger partial charge is 0.492 e. The topological polar surface area (TPSA) is 47.6 Å². The van der Waals surface area contributed by atoms with Crippen molar-refractivity contribution in [3.8, 4) is 5.75 Å². The number of nitrogens with one attached hydrogen (secondary N) is 1.